The number of H-pyrrole nitrogens is 1. The van der Waals surface area contributed by atoms with E-state index in [-0.39, 0.29) is 28.8 Å². The van der Waals surface area contributed by atoms with Crippen molar-refractivity contribution in [3.8, 4) is 0 Å². The summed E-state index contributed by atoms with van der Waals surface area (Å²) in [5.74, 6) is 0.276. The monoisotopic (exact) mass is 434 g/mol. The number of aryl methyl sites for hydroxylation is 3. The molecule has 29 heavy (non-hydrogen) atoms. The van der Waals surface area contributed by atoms with Gasteiger partial charge in [-0.05, 0) is 44.0 Å². The number of rotatable bonds is 6. The number of nitrogens with zero attached hydrogens (tertiary/aromatic N) is 1. The molecule has 10 heteroatoms. The molecule has 2 heterocycles. The molecule has 1 aromatic carbocycles. The fraction of sp³-hybridized carbons (Fsp3) is 0.316. The van der Waals surface area contributed by atoms with Gasteiger partial charge in [-0.1, -0.05) is 12.1 Å². The first-order valence-corrected chi connectivity index (χ1v) is 11.3. The van der Waals surface area contributed by atoms with Crippen LogP contribution in [0.4, 0.5) is 0 Å². The van der Waals surface area contributed by atoms with Crippen LogP contribution in [0.25, 0.3) is 10.2 Å². The number of nitrogens with one attached hydrogen (secondary N) is 2. The van der Waals surface area contributed by atoms with Crippen LogP contribution in [0.2, 0.25) is 0 Å². The molecule has 0 radical (unpaired) electrons. The predicted molar refractivity (Wildman–Crippen MR) is 112 cm³/mol. The Morgan fingerprint density at radius 2 is 1.93 bits per heavy atom. The Balaban J connectivity index is 1.64. The quantitative estimate of drug-likeness (QED) is 0.546. The van der Waals surface area contributed by atoms with Crippen molar-refractivity contribution >= 4 is 37.5 Å². The van der Waals surface area contributed by atoms with E-state index < -0.39 is 10.0 Å². The smallest absolute Gasteiger partial charge is 0.259 e. The number of benzene rings is 1. The van der Waals surface area contributed by atoms with Crippen LogP contribution in [0.3, 0.4) is 0 Å². The number of carbonyl (C=O) groups excluding carboxylic acids is 1. The van der Waals surface area contributed by atoms with Crippen LogP contribution < -0.4 is 16.0 Å². The van der Waals surface area contributed by atoms with Gasteiger partial charge >= 0.3 is 0 Å². The number of primary sulfonamides is 1. The standard InChI is InChI=1S/C19H22N4O4S2/c1-10-12(3)28-19-17(10)18(25)22-15(23-19)8-9-16(24)21-11(2)13-4-6-14(7-5-13)29(20,26)27/h4-7,11H,8-9H2,1-3H3,(H,21,24)(H2,20,26,27)(H,22,23,25). The van der Waals surface area contributed by atoms with Crippen LogP contribution in [0.1, 0.15) is 41.2 Å². The molecular formula is C19H22N4O4S2. The number of thiophene rings is 1. The van der Waals surface area contributed by atoms with Gasteiger partial charge in [0.05, 0.1) is 16.3 Å². The Hall–Kier alpha value is -2.56. The third kappa shape index (κ3) is 4.72. The van der Waals surface area contributed by atoms with Crippen molar-refractivity contribution in [1.82, 2.24) is 15.3 Å². The minimum Gasteiger partial charge on any atom is -0.350 e. The Labute approximate surface area is 172 Å². The number of nitrogens with two attached hydrogens (primary N) is 1. The third-order valence-electron chi connectivity index (χ3n) is 4.76. The van der Waals surface area contributed by atoms with Crippen LogP contribution in [0.5, 0.6) is 0 Å². The van der Waals surface area contributed by atoms with Crippen LogP contribution in [0, 0.1) is 13.8 Å². The molecule has 0 aliphatic rings. The van der Waals surface area contributed by atoms with Gasteiger partial charge in [0, 0.05) is 17.7 Å². The van der Waals surface area contributed by atoms with E-state index in [9.17, 15) is 18.0 Å². The van der Waals surface area contributed by atoms with Gasteiger partial charge in [-0.2, -0.15) is 0 Å². The number of hydrogen-bond acceptors (Lipinski definition) is 6. The molecule has 1 unspecified atom stereocenters. The first kappa shape index (κ1) is 21.2. The maximum Gasteiger partial charge on any atom is 0.259 e. The predicted octanol–water partition coefficient (Wildman–Crippen LogP) is 2.06. The minimum absolute atomic E-state index is 0.0178. The zero-order valence-electron chi connectivity index (χ0n) is 16.3. The fourth-order valence-corrected chi connectivity index (χ4v) is 4.56. The highest BCUT2D eigenvalue weighted by molar-refractivity contribution is 7.89. The van der Waals surface area contributed by atoms with E-state index in [4.69, 9.17) is 5.14 Å². The topological polar surface area (TPSA) is 135 Å². The van der Waals surface area contributed by atoms with Crippen molar-refractivity contribution in [1.29, 1.82) is 0 Å². The molecule has 1 amide bonds. The van der Waals surface area contributed by atoms with E-state index in [1.165, 1.54) is 23.5 Å². The molecular weight excluding hydrogens is 412 g/mol. The summed E-state index contributed by atoms with van der Waals surface area (Å²) in [4.78, 5) is 33.6. The minimum atomic E-state index is -3.75. The van der Waals surface area contributed by atoms with Gasteiger partial charge in [-0.25, -0.2) is 18.5 Å². The number of aromatic amines is 1. The van der Waals surface area contributed by atoms with Crippen LogP contribution >= 0.6 is 11.3 Å². The number of amides is 1. The second kappa shape index (κ2) is 8.05. The molecule has 3 aromatic rings. The molecule has 1 atom stereocenters. The Kier molecular flexibility index (Phi) is 5.87. The van der Waals surface area contributed by atoms with Gasteiger partial charge in [0.25, 0.3) is 5.56 Å². The summed E-state index contributed by atoms with van der Waals surface area (Å²) in [7, 11) is -3.75. The van der Waals surface area contributed by atoms with Crippen molar-refractivity contribution in [2.45, 2.75) is 44.6 Å². The van der Waals surface area contributed by atoms with Crippen molar-refractivity contribution in [3.63, 3.8) is 0 Å². The lowest BCUT2D eigenvalue weighted by Crippen LogP contribution is -2.27. The summed E-state index contributed by atoms with van der Waals surface area (Å²) in [5, 5.41) is 8.55. The van der Waals surface area contributed by atoms with Gasteiger partial charge < -0.3 is 10.3 Å². The number of aromatic nitrogens is 2. The number of carbonyl (C=O) groups is 1. The van der Waals surface area contributed by atoms with Crippen LogP contribution in [0.15, 0.2) is 34.0 Å². The van der Waals surface area contributed by atoms with Crippen LogP contribution in [-0.2, 0) is 21.2 Å². The van der Waals surface area contributed by atoms with E-state index in [0.717, 1.165) is 16.0 Å². The van der Waals surface area contributed by atoms with Gasteiger partial charge in [0.1, 0.15) is 10.7 Å². The van der Waals surface area contributed by atoms with E-state index in [1.54, 1.807) is 19.1 Å². The van der Waals surface area contributed by atoms with Gasteiger partial charge in [0.15, 0.2) is 0 Å². The average molecular weight is 435 g/mol. The average Bonchev–Trinajstić information content (AvgIpc) is 2.93. The maximum atomic E-state index is 12.3. The third-order valence-corrected chi connectivity index (χ3v) is 6.79. The summed E-state index contributed by atoms with van der Waals surface area (Å²) in [6, 6.07) is 5.72. The van der Waals surface area contributed by atoms with Crippen molar-refractivity contribution in [2.75, 3.05) is 0 Å². The molecule has 0 bridgehead atoms. The Morgan fingerprint density at radius 3 is 2.55 bits per heavy atom. The normalized spacial score (nSPS) is 12.8. The lowest BCUT2D eigenvalue weighted by Gasteiger charge is -2.14. The molecule has 0 saturated heterocycles. The fourth-order valence-electron chi connectivity index (χ4n) is 2.99. The number of sulfonamides is 1. The second-order valence-corrected chi connectivity index (χ2v) is 9.64. The van der Waals surface area contributed by atoms with Gasteiger partial charge in [-0.3, -0.25) is 9.59 Å². The summed E-state index contributed by atoms with van der Waals surface area (Å²) >= 11 is 1.47. The molecule has 0 fully saturated rings. The lowest BCUT2D eigenvalue weighted by molar-refractivity contribution is -0.121. The number of fused-ring (bicyclic) bond motifs is 1. The zero-order valence-corrected chi connectivity index (χ0v) is 17.9. The molecule has 154 valence electrons. The van der Waals surface area contributed by atoms with Crippen molar-refractivity contribution in [2.24, 2.45) is 5.14 Å². The SMILES string of the molecule is Cc1sc2nc(CCC(=O)NC(C)c3ccc(S(N)(=O)=O)cc3)[nH]c(=O)c2c1C. The van der Waals surface area contributed by atoms with Crippen LogP contribution in [-0.4, -0.2) is 24.3 Å². The maximum absolute atomic E-state index is 12.3. The van der Waals surface area contributed by atoms with Gasteiger partial charge in [0.2, 0.25) is 15.9 Å². The molecule has 0 saturated carbocycles. The molecule has 0 aliphatic carbocycles. The van der Waals surface area contributed by atoms with E-state index in [0.29, 0.717) is 22.5 Å². The summed E-state index contributed by atoms with van der Waals surface area (Å²) < 4.78 is 22.6. The first-order chi connectivity index (χ1) is 13.6. The largest absolute Gasteiger partial charge is 0.350 e. The highest BCUT2D eigenvalue weighted by Gasteiger charge is 2.15. The van der Waals surface area contributed by atoms with E-state index in [1.807, 2.05) is 13.8 Å². The molecule has 4 N–H and O–H groups in total. The highest BCUT2D eigenvalue weighted by Crippen LogP contribution is 2.25. The van der Waals surface area contributed by atoms with E-state index in [2.05, 4.69) is 15.3 Å². The van der Waals surface area contributed by atoms with E-state index >= 15 is 0 Å². The summed E-state index contributed by atoms with van der Waals surface area (Å²) in [5.41, 5.74) is 1.50. The Morgan fingerprint density at radius 1 is 1.28 bits per heavy atom. The lowest BCUT2D eigenvalue weighted by atomic mass is 10.1. The first-order valence-electron chi connectivity index (χ1n) is 8.97. The summed E-state index contributed by atoms with van der Waals surface area (Å²) in [6.45, 7) is 5.65. The van der Waals surface area contributed by atoms with Gasteiger partial charge in [-0.15, -0.1) is 11.3 Å². The molecule has 0 aliphatic heterocycles. The highest BCUT2D eigenvalue weighted by atomic mass is 32.2. The Bertz CT molecular complexity index is 1230. The van der Waals surface area contributed by atoms with Crippen molar-refractivity contribution in [3.05, 3.63) is 56.4 Å². The molecule has 3 rings (SSSR count). The second-order valence-electron chi connectivity index (χ2n) is 6.88. The van der Waals surface area contributed by atoms with Crippen molar-refractivity contribution < 1.29 is 13.2 Å². The zero-order chi connectivity index (χ0) is 21.3. The molecule has 0 spiro atoms. The molecule has 2 aromatic heterocycles. The number of hydrogen-bond donors (Lipinski definition) is 3. The summed E-state index contributed by atoms with van der Waals surface area (Å²) in [6.07, 6.45) is 0.474. The molecule has 8 nitrogen and oxygen atoms in total.